The fraction of sp³-hybridized carbons (Fsp3) is 0.957. The van der Waals surface area contributed by atoms with E-state index < -0.39 is 47.3 Å². The minimum atomic E-state index is -1.39. The van der Waals surface area contributed by atoms with Gasteiger partial charge in [0.1, 0.15) is 35.9 Å². The lowest BCUT2D eigenvalue weighted by Gasteiger charge is -2.44. The van der Waals surface area contributed by atoms with Gasteiger partial charge in [0.2, 0.25) is 5.91 Å². The van der Waals surface area contributed by atoms with Gasteiger partial charge < -0.3 is 30.1 Å². The first-order chi connectivity index (χ1) is 15.5. The predicted octanol–water partition coefficient (Wildman–Crippen LogP) is 1.04. The smallest absolute Gasteiger partial charge is 0.240 e. The number of amides is 1. The van der Waals surface area contributed by atoms with E-state index in [4.69, 9.17) is 21.1 Å². The molecule has 3 rings (SSSR count). The van der Waals surface area contributed by atoms with E-state index in [9.17, 15) is 20.1 Å². The van der Waals surface area contributed by atoms with Gasteiger partial charge in [-0.1, -0.05) is 13.8 Å². The highest BCUT2D eigenvalue weighted by Crippen LogP contribution is 2.37. The number of carbonyl (C=O) groups is 1. The van der Waals surface area contributed by atoms with Crippen LogP contribution in [-0.4, -0.2) is 106 Å². The summed E-state index contributed by atoms with van der Waals surface area (Å²) < 4.78 is 12.1. The summed E-state index contributed by atoms with van der Waals surface area (Å²) in [6.45, 7) is 7.64. The number of hydrogen-bond acceptors (Lipinski definition) is 8. The summed E-state index contributed by atoms with van der Waals surface area (Å²) in [6.07, 6.45) is -0.163. The van der Waals surface area contributed by atoms with Crippen LogP contribution >= 0.6 is 23.4 Å². The van der Waals surface area contributed by atoms with Crippen molar-refractivity contribution in [3.8, 4) is 0 Å². The number of ether oxygens (including phenoxy) is 2. The Labute approximate surface area is 206 Å². The number of likely N-dealkylation sites (N-methyl/N-ethyl adjacent to an activating group) is 1. The summed E-state index contributed by atoms with van der Waals surface area (Å²) in [5.41, 5.74) is -0.732. The second kappa shape index (κ2) is 11.7. The highest BCUT2D eigenvalue weighted by atomic mass is 35.5. The number of alkyl halides is 1. The summed E-state index contributed by atoms with van der Waals surface area (Å²) >= 11 is 7.67. The summed E-state index contributed by atoms with van der Waals surface area (Å²) in [6, 6.07) is -1.21. The minimum Gasteiger partial charge on any atom is -0.388 e. The van der Waals surface area contributed by atoms with Crippen LogP contribution in [0.2, 0.25) is 0 Å². The van der Waals surface area contributed by atoms with Crippen LogP contribution in [0.25, 0.3) is 0 Å². The first kappa shape index (κ1) is 27.5. The quantitative estimate of drug-likeness (QED) is 0.377. The third kappa shape index (κ3) is 6.17. The maximum absolute atomic E-state index is 13.5. The van der Waals surface area contributed by atoms with Crippen molar-refractivity contribution in [2.75, 3.05) is 26.5 Å². The van der Waals surface area contributed by atoms with E-state index in [1.807, 2.05) is 11.9 Å². The number of thioether (sulfide) groups is 1. The summed E-state index contributed by atoms with van der Waals surface area (Å²) in [5, 5.41) is 33.5. The van der Waals surface area contributed by atoms with Gasteiger partial charge in [-0.2, -0.15) is 0 Å². The monoisotopic (exact) mass is 508 g/mol. The van der Waals surface area contributed by atoms with Gasteiger partial charge >= 0.3 is 0 Å². The Hall–Kier alpha value is -0.130. The molecule has 3 unspecified atom stereocenters. The number of carbonyl (C=O) groups excluding carboxylic acids is 1. The Bertz CT molecular complexity index is 656. The van der Waals surface area contributed by atoms with E-state index in [0.717, 1.165) is 19.4 Å². The van der Waals surface area contributed by atoms with Gasteiger partial charge in [-0.3, -0.25) is 9.69 Å². The van der Waals surface area contributed by atoms with Crippen molar-refractivity contribution in [3.63, 3.8) is 0 Å². The first-order valence-electron chi connectivity index (χ1n) is 12.0. The summed E-state index contributed by atoms with van der Waals surface area (Å²) in [5.74, 6) is 1.31. The van der Waals surface area contributed by atoms with Crippen molar-refractivity contribution < 1.29 is 29.6 Å². The molecule has 0 radical (unpaired) electrons. The second-order valence-electron chi connectivity index (χ2n) is 10.4. The number of likely N-dealkylation sites (tertiary alicyclic amines) is 1. The molecule has 0 spiro atoms. The molecule has 3 aliphatic heterocycles. The highest BCUT2D eigenvalue weighted by Gasteiger charge is 2.50. The SMILES string of the molecule is CSC1O[C@H]([C@H](NC(=O)[C@@H]2[C@@H]3OCC[C@@H](CC(C)C)C[C@H]3CN2C)[C@H](C)Cl)C(O)C(O)[C@H]1O. The first-order valence-corrected chi connectivity index (χ1v) is 13.8. The molecule has 3 aliphatic rings. The lowest BCUT2D eigenvalue weighted by Crippen LogP contribution is -2.65. The zero-order chi connectivity index (χ0) is 24.4. The third-order valence-electron chi connectivity index (χ3n) is 7.32. The van der Waals surface area contributed by atoms with Gasteiger partial charge in [0, 0.05) is 19.1 Å². The number of nitrogens with zero attached hydrogens (tertiary/aromatic N) is 1. The lowest BCUT2D eigenvalue weighted by atomic mass is 9.85. The van der Waals surface area contributed by atoms with Crippen molar-refractivity contribution in [3.05, 3.63) is 0 Å². The predicted molar refractivity (Wildman–Crippen MR) is 129 cm³/mol. The number of aliphatic hydroxyl groups is 3. The van der Waals surface area contributed by atoms with Crippen molar-refractivity contribution in [2.45, 2.75) is 93.5 Å². The molecule has 0 aromatic carbocycles. The average molecular weight is 509 g/mol. The molecule has 3 heterocycles. The number of rotatable bonds is 7. The van der Waals surface area contributed by atoms with Crippen LogP contribution in [0.3, 0.4) is 0 Å². The zero-order valence-electron chi connectivity index (χ0n) is 20.3. The Kier molecular flexibility index (Phi) is 9.77. The van der Waals surface area contributed by atoms with Crippen molar-refractivity contribution in [2.24, 2.45) is 17.8 Å². The topological polar surface area (TPSA) is 111 Å². The van der Waals surface area contributed by atoms with E-state index in [-0.39, 0.29) is 12.0 Å². The van der Waals surface area contributed by atoms with Gasteiger partial charge in [-0.25, -0.2) is 0 Å². The van der Waals surface area contributed by atoms with E-state index in [2.05, 4.69) is 19.2 Å². The van der Waals surface area contributed by atoms with Crippen LogP contribution in [0.1, 0.15) is 40.0 Å². The van der Waals surface area contributed by atoms with Crippen molar-refractivity contribution in [1.82, 2.24) is 10.2 Å². The molecule has 0 aromatic heterocycles. The minimum absolute atomic E-state index is 0.193. The van der Waals surface area contributed by atoms with E-state index in [0.29, 0.717) is 24.4 Å². The van der Waals surface area contributed by atoms with Crippen LogP contribution in [0, 0.1) is 17.8 Å². The third-order valence-corrected chi connectivity index (χ3v) is 8.44. The largest absolute Gasteiger partial charge is 0.388 e. The Morgan fingerprint density at radius 2 is 1.91 bits per heavy atom. The molecule has 8 nitrogen and oxygen atoms in total. The van der Waals surface area contributed by atoms with Gasteiger partial charge in [0.05, 0.1) is 17.5 Å². The van der Waals surface area contributed by atoms with Gasteiger partial charge in [-0.15, -0.1) is 23.4 Å². The fourth-order valence-corrected chi connectivity index (χ4v) is 6.64. The maximum Gasteiger partial charge on any atom is 0.240 e. The fourth-order valence-electron chi connectivity index (χ4n) is 5.75. The van der Waals surface area contributed by atoms with Crippen LogP contribution < -0.4 is 5.32 Å². The number of aliphatic hydroxyl groups excluding tert-OH is 3. The average Bonchev–Trinajstić information content (AvgIpc) is 2.92. The number of nitrogens with one attached hydrogen (secondary N) is 1. The summed E-state index contributed by atoms with van der Waals surface area (Å²) in [7, 11) is 1.94. The maximum atomic E-state index is 13.5. The van der Waals surface area contributed by atoms with E-state index in [1.54, 1.807) is 13.2 Å². The Morgan fingerprint density at radius 3 is 2.52 bits per heavy atom. The molecule has 0 saturated carbocycles. The molecule has 3 fully saturated rings. The molecule has 192 valence electrons. The molecule has 0 aliphatic carbocycles. The van der Waals surface area contributed by atoms with Gasteiger partial charge in [0.15, 0.2) is 0 Å². The number of halogens is 1. The van der Waals surface area contributed by atoms with Crippen molar-refractivity contribution in [1.29, 1.82) is 0 Å². The Morgan fingerprint density at radius 1 is 1.21 bits per heavy atom. The Balaban J connectivity index is 1.72. The lowest BCUT2D eigenvalue weighted by molar-refractivity contribution is -0.205. The molecule has 3 saturated heterocycles. The van der Waals surface area contributed by atoms with Crippen LogP contribution in [0.4, 0.5) is 0 Å². The molecule has 11 atom stereocenters. The van der Waals surface area contributed by atoms with Crippen LogP contribution in [0.15, 0.2) is 0 Å². The molecular formula is C23H41ClN2O6S. The molecule has 33 heavy (non-hydrogen) atoms. The van der Waals surface area contributed by atoms with Crippen LogP contribution in [-0.2, 0) is 14.3 Å². The highest BCUT2D eigenvalue weighted by molar-refractivity contribution is 7.99. The van der Waals surface area contributed by atoms with Crippen molar-refractivity contribution >= 4 is 29.3 Å². The molecular weight excluding hydrogens is 468 g/mol. The van der Waals surface area contributed by atoms with E-state index >= 15 is 0 Å². The molecule has 0 bridgehead atoms. The standard InChI is InChI=1S/C23H41ClN2O6S/c1-11(2)8-13-6-7-31-20-14(9-13)10-26(4)16(20)22(30)25-15(12(3)24)21-18(28)17(27)19(29)23(32-21)33-5/h11-21,23,27-29H,6-10H2,1-5H3,(H,25,30)/t12-,13-,14-,15+,16-,17?,18?,19+,20+,21+,23?/m0/s1. The van der Waals surface area contributed by atoms with Gasteiger partial charge in [0.25, 0.3) is 0 Å². The normalized spacial score (nSPS) is 41.9. The zero-order valence-corrected chi connectivity index (χ0v) is 21.8. The number of fused-ring (bicyclic) bond motifs is 1. The van der Waals surface area contributed by atoms with Gasteiger partial charge in [-0.05, 0) is 51.3 Å². The number of hydrogen-bond donors (Lipinski definition) is 4. The van der Waals surface area contributed by atoms with Crippen LogP contribution in [0.5, 0.6) is 0 Å². The molecule has 10 heteroatoms. The molecule has 4 N–H and O–H groups in total. The van der Waals surface area contributed by atoms with E-state index in [1.165, 1.54) is 18.2 Å². The molecule has 0 aromatic rings. The second-order valence-corrected chi connectivity index (χ2v) is 12.0. The summed E-state index contributed by atoms with van der Waals surface area (Å²) in [4.78, 5) is 15.5. The molecule has 1 amide bonds.